The maximum Gasteiger partial charge on any atom is 0.229 e. The summed E-state index contributed by atoms with van der Waals surface area (Å²) in [5.74, 6) is -0.859. The third-order valence-corrected chi connectivity index (χ3v) is 11.3. The van der Waals surface area contributed by atoms with E-state index >= 15 is 0 Å². The van der Waals surface area contributed by atoms with Crippen LogP contribution < -0.4 is 14.9 Å². The largest absolute Gasteiger partial charge is 0.507 e. The van der Waals surface area contributed by atoms with Crippen LogP contribution in [0.5, 0.6) is 17.2 Å². The lowest BCUT2D eigenvalue weighted by Gasteiger charge is -2.45. The molecule has 4 aliphatic rings. The number of hydrogen-bond donors (Lipinski definition) is 14. The summed E-state index contributed by atoms with van der Waals surface area (Å²) >= 11 is 0. The summed E-state index contributed by atoms with van der Waals surface area (Å²) in [7, 11) is 0. The molecule has 2 aromatic carbocycles. The zero-order valence-corrected chi connectivity index (χ0v) is 33.1. The van der Waals surface area contributed by atoms with Crippen molar-refractivity contribution >= 4 is 11.0 Å². The van der Waals surface area contributed by atoms with E-state index < -0.39 is 154 Å². The van der Waals surface area contributed by atoms with Gasteiger partial charge >= 0.3 is 0 Å². The average Bonchev–Trinajstić information content (AvgIpc) is 3.26. The van der Waals surface area contributed by atoms with Crippen molar-refractivity contribution in [3.63, 3.8) is 0 Å². The smallest absolute Gasteiger partial charge is 0.229 e. The quantitative estimate of drug-likeness (QED) is 0.0805. The fourth-order valence-corrected chi connectivity index (χ4v) is 7.63. The number of hydrogen-bond acceptors (Lipinski definition) is 24. The van der Waals surface area contributed by atoms with Crippen LogP contribution in [0.4, 0.5) is 0 Å². The van der Waals surface area contributed by atoms with Crippen LogP contribution in [0.25, 0.3) is 22.3 Å². The number of benzene rings is 2. The molecule has 4 fully saturated rings. The molecule has 0 radical (unpaired) electrons. The highest BCUT2D eigenvalue weighted by atomic mass is 16.8. The molecular weight excluding hydrogens is 852 g/mol. The van der Waals surface area contributed by atoms with Crippen molar-refractivity contribution in [2.24, 2.45) is 0 Å². The normalized spacial score (nSPS) is 41.0. The van der Waals surface area contributed by atoms with Gasteiger partial charge < -0.3 is 114 Å². The maximum absolute atomic E-state index is 13.3. The van der Waals surface area contributed by atoms with Crippen molar-refractivity contribution in [2.45, 2.75) is 130 Å². The van der Waals surface area contributed by atoms with E-state index in [1.54, 1.807) is 0 Å². The molecule has 4 saturated heterocycles. The molecule has 350 valence electrons. The Balaban J connectivity index is 1.11. The maximum atomic E-state index is 13.3. The van der Waals surface area contributed by atoms with Gasteiger partial charge in [0.15, 0.2) is 30.2 Å². The van der Waals surface area contributed by atoms with Gasteiger partial charge in [-0.05, 0) is 31.2 Å². The third kappa shape index (κ3) is 9.38. The highest BCUT2D eigenvalue weighted by Crippen LogP contribution is 2.36. The number of phenols is 1. The zero-order chi connectivity index (χ0) is 45.6. The molecule has 14 N–H and O–H groups in total. The van der Waals surface area contributed by atoms with Crippen molar-refractivity contribution in [3.8, 4) is 28.6 Å². The zero-order valence-electron chi connectivity index (χ0n) is 33.1. The topological polar surface area (TPSA) is 387 Å². The first-order valence-corrected chi connectivity index (χ1v) is 19.8. The number of aromatic hydroxyl groups is 1. The number of aliphatic hydroxyl groups excluding tert-OH is 13. The van der Waals surface area contributed by atoms with Gasteiger partial charge in [0.25, 0.3) is 0 Å². The molecule has 20 unspecified atom stereocenters. The standard InChI is InChI=1S/C39H50O24/c1-12-24(45)28(49)32(53)36(55-12)62-35-31(52)27(48)22(11-42)61-39(35)57-15-6-16(43)23-17(44)8-18(58-19(23)7-15)13-2-4-14(5-3-13)56-38-34(30(51)26(47)21(10-41)60-38)63-37-33(54)29(50)25(46)20(9-40)59-37/h2-8,12,20-22,24-43,45-54H,9-11H2,1H3. The first-order chi connectivity index (χ1) is 29.9. The predicted molar refractivity (Wildman–Crippen MR) is 202 cm³/mol. The van der Waals surface area contributed by atoms with Crippen LogP contribution >= 0.6 is 0 Å². The van der Waals surface area contributed by atoms with Crippen LogP contribution in [0.15, 0.2) is 51.7 Å². The highest BCUT2D eigenvalue weighted by Gasteiger charge is 2.53. The minimum absolute atomic E-state index is 0.0342. The molecule has 1 aromatic heterocycles. The Labute approximate surface area is 355 Å². The average molecular weight is 903 g/mol. The fourth-order valence-electron chi connectivity index (χ4n) is 7.63. The Morgan fingerprint density at radius 3 is 1.51 bits per heavy atom. The molecule has 63 heavy (non-hydrogen) atoms. The number of ether oxygens (including phenoxy) is 8. The van der Waals surface area contributed by atoms with E-state index in [1.165, 1.54) is 37.3 Å². The van der Waals surface area contributed by atoms with Crippen LogP contribution in [0.1, 0.15) is 6.92 Å². The first kappa shape index (κ1) is 47.3. The van der Waals surface area contributed by atoms with Gasteiger partial charge in [-0.1, -0.05) is 0 Å². The van der Waals surface area contributed by atoms with E-state index in [4.69, 9.17) is 42.3 Å². The van der Waals surface area contributed by atoms with E-state index in [-0.39, 0.29) is 33.8 Å². The van der Waals surface area contributed by atoms with Crippen molar-refractivity contribution in [1.29, 1.82) is 0 Å². The van der Waals surface area contributed by atoms with Gasteiger partial charge in [0, 0.05) is 23.8 Å². The molecule has 3 aromatic rings. The van der Waals surface area contributed by atoms with E-state index in [9.17, 15) is 76.3 Å². The number of fused-ring (bicyclic) bond motifs is 1. The number of rotatable bonds is 12. The minimum atomic E-state index is -1.89. The van der Waals surface area contributed by atoms with Gasteiger partial charge in [0.05, 0.1) is 25.9 Å². The van der Waals surface area contributed by atoms with Crippen LogP contribution in [0.2, 0.25) is 0 Å². The summed E-state index contributed by atoms with van der Waals surface area (Å²) < 4.78 is 51.4. The van der Waals surface area contributed by atoms with Crippen molar-refractivity contribution in [1.82, 2.24) is 0 Å². The molecule has 7 rings (SSSR count). The molecule has 0 bridgehead atoms. The van der Waals surface area contributed by atoms with E-state index in [0.29, 0.717) is 0 Å². The van der Waals surface area contributed by atoms with Gasteiger partial charge in [-0.15, -0.1) is 0 Å². The summed E-state index contributed by atoms with van der Waals surface area (Å²) in [6.45, 7) is -0.947. The monoisotopic (exact) mass is 902 g/mol. The summed E-state index contributed by atoms with van der Waals surface area (Å²) in [5.41, 5.74) is -0.646. The molecular formula is C39H50O24. The predicted octanol–water partition coefficient (Wildman–Crippen LogP) is -5.80. The molecule has 24 heteroatoms. The van der Waals surface area contributed by atoms with E-state index in [1.807, 2.05) is 0 Å². The molecule has 0 spiro atoms. The molecule has 0 aliphatic carbocycles. The highest BCUT2D eigenvalue weighted by molar-refractivity contribution is 5.86. The van der Waals surface area contributed by atoms with Crippen LogP contribution in [0.3, 0.4) is 0 Å². The number of aliphatic hydroxyl groups is 13. The Morgan fingerprint density at radius 1 is 0.524 bits per heavy atom. The molecule has 24 nitrogen and oxygen atoms in total. The Kier molecular flexibility index (Phi) is 14.6. The van der Waals surface area contributed by atoms with Gasteiger partial charge in [-0.2, -0.15) is 0 Å². The van der Waals surface area contributed by atoms with E-state index in [2.05, 4.69) is 0 Å². The van der Waals surface area contributed by atoms with Gasteiger partial charge in [-0.3, -0.25) is 4.79 Å². The molecule has 0 saturated carbocycles. The van der Waals surface area contributed by atoms with Gasteiger partial charge in [-0.25, -0.2) is 0 Å². The Bertz CT molecular complexity index is 2050. The van der Waals surface area contributed by atoms with Crippen LogP contribution in [-0.2, 0) is 28.4 Å². The van der Waals surface area contributed by atoms with Crippen LogP contribution in [-0.4, -0.2) is 214 Å². The van der Waals surface area contributed by atoms with Crippen molar-refractivity contribution < 1.29 is 114 Å². The summed E-state index contributed by atoms with van der Waals surface area (Å²) in [4.78, 5) is 13.3. The Hall–Kier alpha value is -3.71. The second-order valence-electron chi connectivity index (χ2n) is 15.5. The second kappa shape index (κ2) is 19.4. The lowest BCUT2D eigenvalue weighted by Crippen LogP contribution is -2.65. The lowest BCUT2D eigenvalue weighted by atomic mass is 9.97. The van der Waals surface area contributed by atoms with Crippen molar-refractivity contribution in [2.75, 3.05) is 19.8 Å². The molecule has 5 heterocycles. The van der Waals surface area contributed by atoms with Gasteiger partial charge in [0.2, 0.25) is 12.6 Å². The Morgan fingerprint density at radius 2 is 0.984 bits per heavy atom. The third-order valence-electron chi connectivity index (χ3n) is 11.3. The lowest BCUT2D eigenvalue weighted by molar-refractivity contribution is -0.357. The number of phenolic OH excluding ortho intramolecular Hbond substituents is 1. The van der Waals surface area contributed by atoms with Crippen LogP contribution in [0, 0.1) is 0 Å². The molecule has 20 atom stereocenters. The van der Waals surface area contributed by atoms with E-state index in [0.717, 1.165) is 12.1 Å². The van der Waals surface area contributed by atoms with Gasteiger partial charge in [0.1, 0.15) is 113 Å². The molecule has 0 amide bonds. The fraction of sp³-hybridized carbons (Fsp3) is 0.615. The summed E-state index contributed by atoms with van der Waals surface area (Å²) in [6.07, 6.45) is -32.9. The summed E-state index contributed by atoms with van der Waals surface area (Å²) in [5, 5.41) is 145. The molecule has 4 aliphatic heterocycles. The first-order valence-electron chi connectivity index (χ1n) is 19.8. The second-order valence-corrected chi connectivity index (χ2v) is 15.5. The summed E-state index contributed by atoms with van der Waals surface area (Å²) in [6, 6.07) is 8.90. The SMILES string of the molecule is CC1OC(OC2C(Oc3cc(O)c4c(=O)cc(-c5ccc(OC6OC(CO)C(O)C(O)C6OC6OC(CO)C(O)C(O)C6O)cc5)oc4c3)OC(CO)C(O)C2O)C(O)C(O)C1O. The minimum Gasteiger partial charge on any atom is -0.507 e. The van der Waals surface area contributed by atoms with Crippen molar-refractivity contribution in [3.05, 3.63) is 52.7 Å².